The number of nitrogens with zero attached hydrogens (tertiary/aromatic N) is 2. The fraction of sp³-hybridized carbons (Fsp3) is 0.600. The van der Waals surface area contributed by atoms with Crippen molar-refractivity contribution in [1.82, 2.24) is 15.3 Å². The summed E-state index contributed by atoms with van der Waals surface area (Å²) in [6.07, 6.45) is 9.17. The molecule has 1 amide bonds. The number of rotatable bonds is 6. The lowest BCUT2D eigenvalue weighted by Gasteiger charge is -2.20. The van der Waals surface area contributed by atoms with Gasteiger partial charge in [-0.2, -0.15) is 5.10 Å². The van der Waals surface area contributed by atoms with Gasteiger partial charge in [-0.25, -0.2) is 5.43 Å². The fourth-order valence-electron chi connectivity index (χ4n) is 4.05. The number of aromatic nitrogens is 1. The lowest BCUT2D eigenvalue weighted by atomic mass is 9.93. The van der Waals surface area contributed by atoms with Crippen LogP contribution in [0.4, 0.5) is 0 Å². The van der Waals surface area contributed by atoms with Crippen LogP contribution < -0.4 is 5.43 Å². The Kier molecular flexibility index (Phi) is 4.50. The topological polar surface area (TPSA) is 60.5 Å². The van der Waals surface area contributed by atoms with Crippen molar-refractivity contribution in [2.75, 3.05) is 13.1 Å². The highest BCUT2D eigenvalue weighted by Gasteiger charge is 2.36. The summed E-state index contributed by atoms with van der Waals surface area (Å²) in [5.74, 6) is 0.421. The van der Waals surface area contributed by atoms with Crippen LogP contribution in [0.2, 0.25) is 0 Å². The van der Waals surface area contributed by atoms with Crippen LogP contribution in [-0.2, 0) is 24.2 Å². The molecule has 0 spiro atoms. The molecule has 1 aromatic heterocycles. The number of H-pyrrole nitrogens is 1. The van der Waals surface area contributed by atoms with Crippen molar-refractivity contribution in [3.05, 3.63) is 28.1 Å². The summed E-state index contributed by atoms with van der Waals surface area (Å²) in [6, 6.07) is 0. The zero-order valence-corrected chi connectivity index (χ0v) is 15.3. The van der Waals surface area contributed by atoms with E-state index in [1.807, 2.05) is 0 Å². The summed E-state index contributed by atoms with van der Waals surface area (Å²) in [5, 5.41) is 4.29. The van der Waals surface area contributed by atoms with Gasteiger partial charge in [-0.3, -0.25) is 9.69 Å². The zero-order valence-electron chi connectivity index (χ0n) is 15.3. The Hall–Kier alpha value is -1.88. The molecule has 3 aliphatic rings. The third-order valence-corrected chi connectivity index (χ3v) is 5.77. The van der Waals surface area contributed by atoms with Crippen molar-refractivity contribution in [3.63, 3.8) is 0 Å². The summed E-state index contributed by atoms with van der Waals surface area (Å²) >= 11 is 0. The first kappa shape index (κ1) is 16.6. The molecule has 25 heavy (non-hydrogen) atoms. The van der Waals surface area contributed by atoms with E-state index in [2.05, 4.69) is 40.3 Å². The van der Waals surface area contributed by atoms with Crippen molar-refractivity contribution >= 4 is 17.7 Å². The Bertz CT molecular complexity index is 735. The minimum Gasteiger partial charge on any atom is -0.358 e. The van der Waals surface area contributed by atoms with Gasteiger partial charge >= 0.3 is 0 Å². The van der Waals surface area contributed by atoms with E-state index in [-0.39, 0.29) is 5.91 Å². The van der Waals surface area contributed by atoms with Gasteiger partial charge in [0.25, 0.3) is 5.91 Å². The first-order valence-corrected chi connectivity index (χ1v) is 9.76. The maximum atomic E-state index is 12.3. The highest BCUT2D eigenvalue weighted by Crippen LogP contribution is 2.36. The molecule has 1 aliphatic heterocycles. The van der Waals surface area contributed by atoms with Crippen LogP contribution >= 0.6 is 0 Å². The van der Waals surface area contributed by atoms with Gasteiger partial charge in [-0.05, 0) is 68.8 Å². The lowest BCUT2D eigenvalue weighted by molar-refractivity contribution is -0.116. The van der Waals surface area contributed by atoms with Crippen molar-refractivity contribution in [2.24, 2.45) is 11.0 Å². The molecule has 0 saturated heterocycles. The van der Waals surface area contributed by atoms with Crippen molar-refractivity contribution in [1.29, 1.82) is 0 Å². The fourth-order valence-corrected chi connectivity index (χ4v) is 4.05. The number of nitrogens with one attached hydrogen (secondary N) is 2. The van der Waals surface area contributed by atoms with E-state index in [4.69, 9.17) is 0 Å². The molecule has 134 valence electrons. The first-order chi connectivity index (χ1) is 12.2. The maximum Gasteiger partial charge on any atom is 0.273 e. The Morgan fingerprint density at radius 1 is 1.20 bits per heavy atom. The number of fused-ring (bicyclic) bond motifs is 1. The molecule has 1 aromatic rings. The van der Waals surface area contributed by atoms with Gasteiger partial charge in [-0.1, -0.05) is 13.8 Å². The third-order valence-electron chi connectivity index (χ3n) is 5.77. The molecule has 5 nitrogen and oxygen atoms in total. The number of aryl methyl sites for hydroxylation is 1. The second-order valence-corrected chi connectivity index (χ2v) is 7.41. The molecule has 0 atom stereocenters. The molecular weight excluding hydrogens is 312 g/mol. The maximum absolute atomic E-state index is 12.3. The Balaban J connectivity index is 1.73. The summed E-state index contributed by atoms with van der Waals surface area (Å²) in [6.45, 7) is 7.46. The smallest absolute Gasteiger partial charge is 0.273 e. The van der Waals surface area contributed by atoms with E-state index < -0.39 is 0 Å². The molecule has 4 rings (SSSR count). The van der Waals surface area contributed by atoms with E-state index in [0.717, 1.165) is 62.3 Å². The van der Waals surface area contributed by atoms with E-state index in [9.17, 15) is 4.79 Å². The third kappa shape index (κ3) is 3.17. The predicted molar refractivity (Wildman–Crippen MR) is 100 cm³/mol. The number of amides is 1. The molecule has 1 saturated carbocycles. The average Bonchev–Trinajstić information content (AvgIpc) is 3.33. The number of carbonyl (C=O) groups excluding carboxylic acids is 1. The van der Waals surface area contributed by atoms with Gasteiger partial charge in [0.2, 0.25) is 0 Å². The number of hydrazone groups is 1. The minimum atomic E-state index is -0.0525. The van der Waals surface area contributed by atoms with Crippen LogP contribution in [0.1, 0.15) is 62.0 Å². The van der Waals surface area contributed by atoms with Crippen LogP contribution in [0.5, 0.6) is 0 Å². The summed E-state index contributed by atoms with van der Waals surface area (Å²) < 4.78 is 0. The van der Waals surface area contributed by atoms with Crippen LogP contribution in [0.3, 0.4) is 0 Å². The van der Waals surface area contributed by atoms with Crippen LogP contribution in [0, 0.1) is 5.92 Å². The van der Waals surface area contributed by atoms with Crippen molar-refractivity contribution in [2.45, 2.75) is 58.9 Å². The van der Waals surface area contributed by atoms with Gasteiger partial charge in [0.1, 0.15) is 0 Å². The van der Waals surface area contributed by atoms with Crippen LogP contribution in [-0.4, -0.2) is 34.6 Å². The summed E-state index contributed by atoms with van der Waals surface area (Å²) in [5.41, 5.74) is 9.78. The number of hydrogen-bond acceptors (Lipinski definition) is 3. The second kappa shape index (κ2) is 6.79. The molecule has 0 radical (unpaired) electrons. The van der Waals surface area contributed by atoms with Gasteiger partial charge < -0.3 is 4.98 Å². The van der Waals surface area contributed by atoms with Gasteiger partial charge in [-0.15, -0.1) is 0 Å². The molecule has 5 heteroatoms. The largest absolute Gasteiger partial charge is 0.358 e. The van der Waals surface area contributed by atoms with E-state index in [0.29, 0.717) is 5.92 Å². The van der Waals surface area contributed by atoms with Gasteiger partial charge in [0.15, 0.2) is 0 Å². The van der Waals surface area contributed by atoms with Crippen molar-refractivity contribution in [3.8, 4) is 0 Å². The Morgan fingerprint density at radius 3 is 2.68 bits per heavy atom. The molecule has 2 N–H and O–H groups in total. The summed E-state index contributed by atoms with van der Waals surface area (Å²) in [4.78, 5) is 18.4. The lowest BCUT2D eigenvalue weighted by Crippen LogP contribution is -2.23. The minimum absolute atomic E-state index is 0.0525. The summed E-state index contributed by atoms with van der Waals surface area (Å²) in [7, 11) is 0. The highest BCUT2D eigenvalue weighted by atomic mass is 16.2. The van der Waals surface area contributed by atoms with Gasteiger partial charge in [0, 0.05) is 23.9 Å². The van der Waals surface area contributed by atoms with Crippen molar-refractivity contribution < 1.29 is 4.79 Å². The van der Waals surface area contributed by atoms with E-state index in [1.54, 1.807) is 0 Å². The second-order valence-electron chi connectivity index (χ2n) is 7.41. The first-order valence-electron chi connectivity index (χ1n) is 9.76. The Morgan fingerprint density at radius 2 is 1.96 bits per heavy atom. The number of hydrogen-bond donors (Lipinski definition) is 2. The average molecular weight is 340 g/mol. The Labute approximate surface area is 149 Å². The SMILES string of the molecule is CCN(CC)Cc1c(/C=C2/C(=O)NN=C2C2CC2)[nH]c2c1CCCC2. The predicted octanol–water partition coefficient (Wildman–Crippen LogP) is 3.01. The van der Waals surface area contributed by atoms with Gasteiger partial charge in [0.05, 0.1) is 11.3 Å². The molecule has 0 unspecified atom stereocenters. The molecule has 2 aliphatic carbocycles. The number of aromatic amines is 1. The molecular formula is C20H28N4O. The van der Waals surface area contributed by atoms with Crippen LogP contribution in [0.25, 0.3) is 6.08 Å². The molecule has 0 aromatic carbocycles. The highest BCUT2D eigenvalue weighted by molar-refractivity contribution is 6.28. The quantitative estimate of drug-likeness (QED) is 0.782. The normalized spacial score (nSPS) is 21.6. The van der Waals surface area contributed by atoms with E-state index >= 15 is 0 Å². The van der Waals surface area contributed by atoms with Crippen LogP contribution in [0.15, 0.2) is 10.7 Å². The standard InChI is InChI=1S/C20H28N4O/c1-3-24(4-2)12-16-14-7-5-6-8-17(14)21-18(16)11-15-19(13-9-10-13)22-23-20(15)25/h11,13,21H,3-10,12H2,1-2H3,(H,23,25)/b15-11+. The molecule has 2 heterocycles. The zero-order chi connectivity index (χ0) is 17.4. The molecule has 1 fully saturated rings. The molecule has 0 bridgehead atoms. The van der Waals surface area contributed by atoms with E-state index in [1.165, 1.54) is 29.7 Å². The number of carbonyl (C=O) groups is 1. The monoisotopic (exact) mass is 340 g/mol.